The third-order valence-corrected chi connectivity index (χ3v) is 8.00. The number of ether oxygens (including phenoxy) is 3. The van der Waals surface area contributed by atoms with E-state index >= 15 is 0 Å². The third-order valence-electron chi connectivity index (χ3n) is 7.25. The Morgan fingerprint density at radius 1 is 1.12 bits per heavy atom. The van der Waals surface area contributed by atoms with E-state index in [1.807, 2.05) is 25.1 Å². The highest BCUT2D eigenvalue weighted by Gasteiger charge is 2.23. The molecule has 10 nitrogen and oxygen atoms in total. The molecule has 5 rings (SSSR count). The predicted octanol–water partition coefficient (Wildman–Crippen LogP) is 7.03. The molecular weight excluding hydrogens is 591 g/mol. The zero-order valence-electron chi connectivity index (χ0n) is 24.1. The van der Waals surface area contributed by atoms with Gasteiger partial charge >= 0.3 is 0 Å². The normalized spacial score (nSPS) is 13.4. The van der Waals surface area contributed by atoms with Gasteiger partial charge in [0.2, 0.25) is 11.9 Å². The lowest BCUT2D eigenvalue weighted by atomic mass is 10.0. The highest BCUT2D eigenvalue weighted by atomic mass is 35.5. The van der Waals surface area contributed by atoms with Crippen molar-refractivity contribution in [3.8, 4) is 22.8 Å². The van der Waals surface area contributed by atoms with Crippen molar-refractivity contribution in [2.24, 2.45) is 5.92 Å². The molecule has 0 bridgehead atoms. The second kappa shape index (κ2) is 13.5. The van der Waals surface area contributed by atoms with Crippen molar-refractivity contribution in [3.63, 3.8) is 0 Å². The Morgan fingerprint density at radius 2 is 1.84 bits per heavy atom. The number of benzene rings is 2. The molecule has 2 aromatic heterocycles. The first-order valence-electron chi connectivity index (χ1n) is 13.7. The van der Waals surface area contributed by atoms with Crippen LogP contribution in [0, 0.1) is 12.8 Å². The number of aromatic nitrogens is 3. The number of anilines is 4. The quantitative estimate of drug-likeness (QED) is 0.160. The Labute approximate surface area is 259 Å². The molecule has 2 aromatic carbocycles. The summed E-state index contributed by atoms with van der Waals surface area (Å²) in [6.45, 7) is 7.61. The van der Waals surface area contributed by atoms with Gasteiger partial charge in [-0.15, -0.1) is 0 Å². The number of aryl methyl sites for hydroxylation is 1. The molecule has 12 heteroatoms. The Morgan fingerprint density at radius 3 is 2.51 bits per heavy atom. The van der Waals surface area contributed by atoms with Gasteiger partial charge in [0.15, 0.2) is 5.82 Å². The van der Waals surface area contributed by atoms with Crippen LogP contribution in [-0.2, 0) is 9.53 Å². The van der Waals surface area contributed by atoms with E-state index in [1.54, 1.807) is 18.3 Å². The summed E-state index contributed by atoms with van der Waals surface area (Å²) in [5.74, 6) is 1.79. The number of pyridine rings is 1. The molecule has 4 aromatic rings. The number of methoxy groups -OCH3 is 2. The van der Waals surface area contributed by atoms with Gasteiger partial charge in [-0.3, -0.25) is 4.79 Å². The van der Waals surface area contributed by atoms with Crippen LogP contribution in [0.25, 0.3) is 22.2 Å². The molecule has 0 aliphatic carbocycles. The molecule has 1 aliphatic rings. The number of hydrogen-bond donors (Lipinski definition) is 3. The molecule has 0 atom stereocenters. The largest absolute Gasteiger partial charge is 0.495 e. The lowest BCUT2D eigenvalue weighted by Gasteiger charge is -2.23. The molecule has 1 fully saturated rings. The lowest BCUT2D eigenvalue weighted by molar-refractivity contribution is -0.111. The summed E-state index contributed by atoms with van der Waals surface area (Å²) in [5.41, 5.74) is 3.72. The Balaban J connectivity index is 1.60. The first kappa shape index (κ1) is 30.3. The summed E-state index contributed by atoms with van der Waals surface area (Å²) in [4.78, 5) is 26.4. The molecule has 3 heterocycles. The number of para-hydroxylation sites is 1. The fourth-order valence-electron chi connectivity index (χ4n) is 4.89. The fraction of sp³-hybridized carbons (Fsp3) is 0.290. The van der Waals surface area contributed by atoms with E-state index in [1.165, 1.54) is 20.3 Å². The SMILES string of the molecule is C=CC(=O)Nc1cccc(C)c1Nc1ncc2cc(-c3c(Cl)c(OC)cc(OC)c3Cl)nc(NCC3CCOCC3)c2n1. The van der Waals surface area contributed by atoms with Gasteiger partial charge < -0.3 is 30.2 Å². The summed E-state index contributed by atoms with van der Waals surface area (Å²) in [7, 11) is 3.05. The van der Waals surface area contributed by atoms with E-state index in [0.29, 0.717) is 79.3 Å². The highest BCUT2D eigenvalue weighted by Crippen LogP contribution is 2.46. The van der Waals surface area contributed by atoms with Crippen molar-refractivity contribution in [1.82, 2.24) is 15.0 Å². The van der Waals surface area contributed by atoms with Crippen LogP contribution >= 0.6 is 23.2 Å². The maximum absolute atomic E-state index is 12.0. The molecule has 0 unspecified atom stereocenters. The van der Waals surface area contributed by atoms with Gasteiger partial charge in [-0.05, 0) is 49.5 Å². The van der Waals surface area contributed by atoms with E-state index < -0.39 is 0 Å². The molecule has 0 spiro atoms. The van der Waals surface area contributed by atoms with E-state index in [-0.39, 0.29) is 5.91 Å². The third kappa shape index (κ3) is 6.61. The number of rotatable bonds is 10. The minimum Gasteiger partial charge on any atom is -0.495 e. The maximum atomic E-state index is 12.0. The number of hydrogen-bond acceptors (Lipinski definition) is 9. The second-order valence-corrected chi connectivity index (χ2v) is 10.8. The summed E-state index contributed by atoms with van der Waals surface area (Å²) < 4.78 is 16.5. The van der Waals surface area contributed by atoms with Crippen molar-refractivity contribution >= 4 is 63.2 Å². The Kier molecular flexibility index (Phi) is 9.49. The number of halogens is 2. The molecule has 1 amide bonds. The number of carbonyl (C=O) groups excluding carboxylic acids is 1. The first-order valence-corrected chi connectivity index (χ1v) is 14.5. The summed E-state index contributed by atoms with van der Waals surface area (Å²) in [6.07, 6.45) is 4.82. The Hall–Kier alpha value is -4.12. The zero-order valence-corrected chi connectivity index (χ0v) is 25.6. The van der Waals surface area contributed by atoms with Gasteiger partial charge in [0, 0.05) is 43.0 Å². The van der Waals surface area contributed by atoms with Crippen LogP contribution in [-0.4, -0.2) is 54.8 Å². The predicted molar refractivity (Wildman–Crippen MR) is 171 cm³/mol. The number of nitrogens with zero attached hydrogens (tertiary/aromatic N) is 3. The minimum absolute atomic E-state index is 0.309. The molecule has 0 saturated carbocycles. The van der Waals surface area contributed by atoms with Crippen molar-refractivity contribution in [1.29, 1.82) is 0 Å². The van der Waals surface area contributed by atoms with Crippen LogP contribution < -0.4 is 25.4 Å². The summed E-state index contributed by atoms with van der Waals surface area (Å²) in [5, 5.41) is 10.9. The van der Waals surface area contributed by atoms with Crippen LogP contribution in [0.5, 0.6) is 11.5 Å². The number of fused-ring (bicyclic) bond motifs is 1. The maximum Gasteiger partial charge on any atom is 0.247 e. The van der Waals surface area contributed by atoms with E-state index in [0.717, 1.165) is 31.6 Å². The number of carbonyl (C=O) groups is 1. The minimum atomic E-state index is -0.323. The van der Waals surface area contributed by atoms with Crippen molar-refractivity contribution < 1.29 is 19.0 Å². The summed E-state index contributed by atoms with van der Waals surface area (Å²) >= 11 is 13.5. The second-order valence-electron chi connectivity index (χ2n) is 10.0. The molecular formula is C31H32Cl2N6O4. The van der Waals surface area contributed by atoms with Crippen molar-refractivity contribution in [3.05, 3.63) is 64.8 Å². The standard InChI is InChI=1S/C31H32Cl2N6O4/c1-5-24(40)36-20-8-6-7-17(2)28(20)38-31-35-16-19-13-21(25-26(32)22(41-3)14-23(42-4)27(25)33)37-30(29(19)39-31)34-15-18-9-11-43-12-10-18/h5-8,13-14,16,18H,1,9-12,15H2,2-4H3,(H,34,37)(H,36,40)(H,35,38,39). The molecule has 0 radical (unpaired) electrons. The average Bonchev–Trinajstić information content (AvgIpc) is 3.02. The van der Waals surface area contributed by atoms with Crippen LogP contribution in [0.4, 0.5) is 23.1 Å². The van der Waals surface area contributed by atoms with E-state index in [2.05, 4.69) is 27.5 Å². The van der Waals surface area contributed by atoms with Crippen LogP contribution in [0.2, 0.25) is 10.0 Å². The van der Waals surface area contributed by atoms with Crippen molar-refractivity contribution in [2.75, 3.05) is 49.9 Å². The van der Waals surface area contributed by atoms with E-state index in [4.69, 9.17) is 47.4 Å². The van der Waals surface area contributed by atoms with E-state index in [9.17, 15) is 4.79 Å². The molecule has 224 valence electrons. The topological polar surface area (TPSA) is 120 Å². The lowest BCUT2D eigenvalue weighted by Crippen LogP contribution is -2.23. The molecule has 1 saturated heterocycles. The number of nitrogens with one attached hydrogen (secondary N) is 3. The fourth-order valence-corrected chi connectivity index (χ4v) is 5.58. The first-order chi connectivity index (χ1) is 20.8. The molecule has 43 heavy (non-hydrogen) atoms. The van der Waals surface area contributed by atoms with Crippen molar-refractivity contribution in [2.45, 2.75) is 19.8 Å². The van der Waals surface area contributed by atoms with Crippen LogP contribution in [0.15, 0.2) is 49.2 Å². The Bertz CT molecular complexity index is 1650. The summed E-state index contributed by atoms with van der Waals surface area (Å²) in [6, 6.07) is 9.04. The van der Waals surface area contributed by atoms with Gasteiger partial charge in [0.25, 0.3) is 0 Å². The monoisotopic (exact) mass is 622 g/mol. The van der Waals surface area contributed by atoms with Gasteiger partial charge in [-0.1, -0.05) is 41.9 Å². The molecule has 3 N–H and O–H groups in total. The average molecular weight is 624 g/mol. The van der Waals surface area contributed by atoms with Gasteiger partial charge in [-0.2, -0.15) is 0 Å². The van der Waals surface area contributed by atoms with Crippen LogP contribution in [0.1, 0.15) is 18.4 Å². The van der Waals surface area contributed by atoms with Gasteiger partial charge in [-0.25, -0.2) is 15.0 Å². The smallest absolute Gasteiger partial charge is 0.247 e. The number of amides is 1. The highest BCUT2D eigenvalue weighted by molar-refractivity contribution is 6.41. The van der Waals surface area contributed by atoms with Crippen LogP contribution in [0.3, 0.4) is 0 Å². The van der Waals surface area contributed by atoms with Gasteiger partial charge in [0.05, 0.1) is 41.3 Å². The molecule has 1 aliphatic heterocycles. The zero-order chi connectivity index (χ0) is 30.5. The van der Waals surface area contributed by atoms with Gasteiger partial charge in [0.1, 0.15) is 17.0 Å².